The van der Waals surface area contributed by atoms with Crippen LogP contribution in [0, 0.1) is 0 Å². The first-order chi connectivity index (χ1) is 9.85. The summed E-state index contributed by atoms with van der Waals surface area (Å²) in [6.45, 7) is -0.141. The fourth-order valence-corrected chi connectivity index (χ4v) is 1.81. The van der Waals surface area contributed by atoms with Gasteiger partial charge in [0.1, 0.15) is 11.8 Å². The van der Waals surface area contributed by atoms with Crippen LogP contribution in [0.5, 0.6) is 11.5 Å². The molecule has 0 spiro atoms. The van der Waals surface area contributed by atoms with E-state index in [0.29, 0.717) is 10.7 Å². The van der Waals surface area contributed by atoms with Crippen molar-refractivity contribution in [3.63, 3.8) is 0 Å². The van der Waals surface area contributed by atoms with Gasteiger partial charge in [-0.25, -0.2) is 4.98 Å². The standard InChI is InChI=1S/C13H8Cl2F3NO2/c14-8-5-6-12(15)19-9(8)7-20-10-3-1-2-4-11(10)21-13(16,17)18/h1-6H,7H2. The van der Waals surface area contributed by atoms with Crippen molar-refractivity contribution in [2.75, 3.05) is 0 Å². The molecule has 0 saturated heterocycles. The number of hydrogen-bond donors (Lipinski definition) is 0. The maximum atomic E-state index is 12.3. The molecule has 0 atom stereocenters. The largest absolute Gasteiger partial charge is 0.573 e. The van der Waals surface area contributed by atoms with Crippen molar-refractivity contribution in [1.29, 1.82) is 0 Å². The summed E-state index contributed by atoms with van der Waals surface area (Å²) in [4.78, 5) is 3.94. The minimum atomic E-state index is -4.80. The SMILES string of the molecule is FC(F)(F)Oc1ccccc1OCc1nc(Cl)ccc1Cl. The van der Waals surface area contributed by atoms with Gasteiger partial charge in [0.25, 0.3) is 0 Å². The Labute approximate surface area is 128 Å². The van der Waals surface area contributed by atoms with E-state index in [1.54, 1.807) is 0 Å². The molecule has 0 aliphatic heterocycles. The Morgan fingerprint density at radius 1 is 1.00 bits per heavy atom. The molecule has 0 aliphatic carbocycles. The van der Waals surface area contributed by atoms with Gasteiger partial charge in [0, 0.05) is 0 Å². The number of ether oxygens (including phenoxy) is 2. The molecule has 1 aromatic heterocycles. The zero-order valence-corrected chi connectivity index (χ0v) is 11.8. The molecule has 2 rings (SSSR count). The van der Waals surface area contributed by atoms with E-state index in [1.165, 1.54) is 30.3 Å². The first-order valence-electron chi connectivity index (χ1n) is 5.63. The zero-order chi connectivity index (χ0) is 15.5. The third-order valence-corrected chi connectivity index (χ3v) is 2.88. The Morgan fingerprint density at radius 3 is 2.33 bits per heavy atom. The first-order valence-corrected chi connectivity index (χ1v) is 6.39. The number of halogens is 5. The summed E-state index contributed by atoms with van der Waals surface area (Å²) in [5, 5.41) is 0.506. The molecule has 21 heavy (non-hydrogen) atoms. The van der Waals surface area contributed by atoms with Gasteiger partial charge in [0.15, 0.2) is 11.5 Å². The van der Waals surface area contributed by atoms with E-state index in [9.17, 15) is 13.2 Å². The summed E-state index contributed by atoms with van der Waals surface area (Å²) >= 11 is 11.6. The van der Waals surface area contributed by atoms with Crippen LogP contribution in [0.2, 0.25) is 10.2 Å². The third-order valence-electron chi connectivity index (χ3n) is 2.32. The summed E-state index contributed by atoms with van der Waals surface area (Å²) in [5.74, 6) is -0.518. The molecule has 0 fully saturated rings. The second-order valence-corrected chi connectivity index (χ2v) is 4.64. The Morgan fingerprint density at radius 2 is 1.67 bits per heavy atom. The molecule has 0 unspecified atom stereocenters. The van der Waals surface area contributed by atoms with Crippen LogP contribution in [0.4, 0.5) is 13.2 Å². The van der Waals surface area contributed by atoms with Crippen LogP contribution in [0.1, 0.15) is 5.69 Å². The lowest BCUT2D eigenvalue weighted by Gasteiger charge is -2.14. The predicted molar refractivity (Wildman–Crippen MR) is 71.7 cm³/mol. The summed E-state index contributed by atoms with van der Waals surface area (Å²) in [7, 11) is 0. The minimum Gasteiger partial charge on any atom is -0.483 e. The van der Waals surface area contributed by atoms with E-state index >= 15 is 0 Å². The number of pyridine rings is 1. The predicted octanol–water partition coefficient (Wildman–Crippen LogP) is 4.87. The Bertz CT molecular complexity index is 635. The van der Waals surface area contributed by atoms with E-state index in [0.717, 1.165) is 6.07 Å². The molecule has 0 N–H and O–H groups in total. The number of hydrogen-bond acceptors (Lipinski definition) is 3. The molecule has 1 heterocycles. The van der Waals surface area contributed by atoms with Gasteiger partial charge in [-0.15, -0.1) is 13.2 Å². The highest BCUT2D eigenvalue weighted by atomic mass is 35.5. The molecule has 0 amide bonds. The summed E-state index contributed by atoms with van der Waals surface area (Å²) in [5.41, 5.74) is 0.311. The normalized spacial score (nSPS) is 11.3. The molecule has 3 nitrogen and oxygen atoms in total. The Kier molecular flexibility index (Phi) is 4.80. The monoisotopic (exact) mass is 337 g/mol. The Hall–Kier alpha value is -1.66. The van der Waals surface area contributed by atoms with Gasteiger partial charge in [-0.1, -0.05) is 35.3 Å². The molecule has 0 bridgehead atoms. The van der Waals surface area contributed by atoms with Crippen LogP contribution in [0.3, 0.4) is 0 Å². The fraction of sp³-hybridized carbons (Fsp3) is 0.154. The van der Waals surface area contributed by atoms with Crippen molar-refractivity contribution in [3.05, 3.63) is 52.3 Å². The van der Waals surface area contributed by atoms with Crippen LogP contribution in [-0.2, 0) is 6.61 Å². The molecule has 1 aromatic carbocycles. The summed E-state index contributed by atoms with van der Waals surface area (Å²) in [6.07, 6.45) is -4.80. The quantitative estimate of drug-likeness (QED) is 0.746. The molecular formula is C13H8Cl2F3NO2. The first kappa shape index (κ1) is 15.7. The summed E-state index contributed by atoms with van der Waals surface area (Å²) < 4.78 is 46.0. The van der Waals surface area contributed by atoms with Gasteiger partial charge >= 0.3 is 6.36 Å². The maximum absolute atomic E-state index is 12.3. The van der Waals surface area contributed by atoms with Crippen molar-refractivity contribution >= 4 is 23.2 Å². The molecule has 112 valence electrons. The fourth-order valence-electron chi connectivity index (χ4n) is 1.48. The average Bonchev–Trinajstić information content (AvgIpc) is 2.39. The number of benzene rings is 1. The van der Waals surface area contributed by atoms with E-state index in [4.69, 9.17) is 27.9 Å². The van der Waals surface area contributed by atoms with Gasteiger partial charge in [0.05, 0.1) is 10.7 Å². The molecular weight excluding hydrogens is 330 g/mol. The van der Waals surface area contributed by atoms with Gasteiger partial charge < -0.3 is 9.47 Å². The lowest BCUT2D eigenvalue weighted by molar-refractivity contribution is -0.275. The van der Waals surface area contributed by atoms with Crippen molar-refractivity contribution in [2.24, 2.45) is 0 Å². The van der Waals surface area contributed by atoms with Gasteiger partial charge in [-0.2, -0.15) is 0 Å². The summed E-state index contributed by atoms with van der Waals surface area (Å²) in [6, 6.07) is 8.43. The molecule has 0 saturated carbocycles. The highest BCUT2D eigenvalue weighted by molar-refractivity contribution is 6.32. The van der Waals surface area contributed by atoms with E-state index < -0.39 is 12.1 Å². The van der Waals surface area contributed by atoms with Crippen LogP contribution < -0.4 is 9.47 Å². The number of para-hydroxylation sites is 2. The average molecular weight is 338 g/mol. The number of aromatic nitrogens is 1. The number of alkyl halides is 3. The zero-order valence-electron chi connectivity index (χ0n) is 10.3. The van der Waals surface area contributed by atoms with Crippen molar-refractivity contribution in [3.8, 4) is 11.5 Å². The Balaban J connectivity index is 2.15. The minimum absolute atomic E-state index is 0.0762. The van der Waals surface area contributed by atoms with Crippen molar-refractivity contribution in [2.45, 2.75) is 13.0 Å². The van der Waals surface area contributed by atoms with Crippen molar-refractivity contribution < 1.29 is 22.6 Å². The molecule has 8 heteroatoms. The molecule has 0 aliphatic rings. The lowest BCUT2D eigenvalue weighted by atomic mass is 10.3. The van der Waals surface area contributed by atoms with Crippen LogP contribution >= 0.6 is 23.2 Å². The van der Waals surface area contributed by atoms with E-state index in [-0.39, 0.29) is 17.5 Å². The van der Waals surface area contributed by atoms with Crippen molar-refractivity contribution in [1.82, 2.24) is 4.98 Å². The molecule has 0 radical (unpaired) electrons. The van der Waals surface area contributed by atoms with Gasteiger partial charge in [-0.05, 0) is 24.3 Å². The van der Waals surface area contributed by atoms with E-state index in [2.05, 4.69) is 9.72 Å². The van der Waals surface area contributed by atoms with Crippen LogP contribution in [-0.4, -0.2) is 11.3 Å². The number of nitrogens with zero attached hydrogens (tertiary/aromatic N) is 1. The highest BCUT2D eigenvalue weighted by Crippen LogP contribution is 2.32. The van der Waals surface area contributed by atoms with Gasteiger partial charge in [-0.3, -0.25) is 0 Å². The third kappa shape index (κ3) is 4.68. The topological polar surface area (TPSA) is 31.4 Å². The molecule has 2 aromatic rings. The lowest BCUT2D eigenvalue weighted by Crippen LogP contribution is -2.17. The van der Waals surface area contributed by atoms with Crippen LogP contribution in [0.25, 0.3) is 0 Å². The second kappa shape index (κ2) is 6.41. The highest BCUT2D eigenvalue weighted by Gasteiger charge is 2.32. The second-order valence-electron chi connectivity index (χ2n) is 3.85. The smallest absolute Gasteiger partial charge is 0.483 e. The maximum Gasteiger partial charge on any atom is 0.573 e. The van der Waals surface area contributed by atoms with Crippen LogP contribution in [0.15, 0.2) is 36.4 Å². The van der Waals surface area contributed by atoms with E-state index in [1.807, 2.05) is 0 Å². The van der Waals surface area contributed by atoms with Gasteiger partial charge in [0.2, 0.25) is 0 Å². The number of rotatable bonds is 4.